The molecule has 0 aliphatic carbocycles. The van der Waals surface area contributed by atoms with Gasteiger partial charge in [0, 0.05) is 52.0 Å². The van der Waals surface area contributed by atoms with Gasteiger partial charge in [-0.05, 0) is 11.6 Å². The largest absolute Gasteiger partial charge is 0.441 e. The highest BCUT2D eigenvalue weighted by Crippen LogP contribution is 2.21. The maximum Gasteiger partial charge on any atom is 0.192 e. The summed E-state index contributed by atoms with van der Waals surface area (Å²) in [4.78, 5) is 17.8. The van der Waals surface area contributed by atoms with Crippen LogP contribution >= 0.6 is 0 Å². The Balaban J connectivity index is 1.45. The number of anilines is 1. The zero-order valence-electron chi connectivity index (χ0n) is 13.1. The van der Waals surface area contributed by atoms with E-state index in [-0.39, 0.29) is 0 Å². The molecule has 0 bridgehead atoms. The van der Waals surface area contributed by atoms with E-state index in [0.717, 1.165) is 55.5 Å². The molecule has 1 fully saturated rings. The minimum Gasteiger partial charge on any atom is -0.441 e. The van der Waals surface area contributed by atoms with Gasteiger partial charge in [0.2, 0.25) is 0 Å². The Labute approximate surface area is 134 Å². The van der Waals surface area contributed by atoms with Gasteiger partial charge in [0.05, 0.1) is 6.20 Å². The first kappa shape index (κ1) is 14.1. The van der Waals surface area contributed by atoms with Crippen molar-refractivity contribution in [1.29, 1.82) is 0 Å². The van der Waals surface area contributed by atoms with Crippen LogP contribution in [0.25, 0.3) is 11.1 Å². The molecule has 6 heteroatoms. The van der Waals surface area contributed by atoms with E-state index in [1.165, 1.54) is 5.56 Å². The van der Waals surface area contributed by atoms with Crippen LogP contribution in [0.5, 0.6) is 0 Å². The first-order valence-corrected chi connectivity index (χ1v) is 7.88. The molecule has 3 heterocycles. The Kier molecular flexibility index (Phi) is 3.67. The third-order valence-corrected chi connectivity index (χ3v) is 4.25. The van der Waals surface area contributed by atoms with Crippen LogP contribution in [0.3, 0.4) is 0 Å². The fourth-order valence-electron chi connectivity index (χ4n) is 3.07. The van der Waals surface area contributed by atoms with Gasteiger partial charge >= 0.3 is 0 Å². The molecule has 1 aromatic carbocycles. The van der Waals surface area contributed by atoms with Gasteiger partial charge < -0.3 is 9.32 Å². The Morgan fingerprint density at radius 1 is 1.13 bits per heavy atom. The molecule has 3 aromatic rings. The molecule has 2 aromatic heterocycles. The van der Waals surface area contributed by atoms with Crippen LogP contribution < -0.4 is 4.90 Å². The van der Waals surface area contributed by atoms with E-state index in [0.29, 0.717) is 0 Å². The van der Waals surface area contributed by atoms with Crippen LogP contribution in [-0.4, -0.2) is 46.0 Å². The molecule has 0 unspecified atom stereocenters. The Hall–Kier alpha value is -2.47. The zero-order valence-corrected chi connectivity index (χ0v) is 13.1. The lowest BCUT2D eigenvalue weighted by atomic mass is 10.1. The number of piperazine rings is 1. The fraction of sp³-hybridized carbons (Fsp3) is 0.353. The number of hydrogen-bond donors (Lipinski definition) is 0. The van der Waals surface area contributed by atoms with Crippen LogP contribution in [0.15, 0.2) is 41.2 Å². The zero-order chi connectivity index (χ0) is 15.6. The van der Waals surface area contributed by atoms with Gasteiger partial charge in [0.1, 0.15) is 11.3 Å². The van der Waals surface area contributed by atoms with Gasteiger partial charge in [0.15, 0.2) is 11.5 Å². The third kappa shape index (κ3) is 2.90. The summed E-state index contributed by atoms with van der Waals surface area (Å²) in [5, 5.41) is 0. The van der Waals surface area contributed by atoms with Crippen molar-refractivity contribution in [3.8, 4) is 0 Å². The molecule has 1 aliphatic rings. The number of fused-ring (bicyclic) bond motifs is 1. The maximum atomic E-state index is 5.62. The van der Waals surface area contributed by atoms with Crippen molar-refractivity contribution in [2.75, 3.05) is 31.1 Å². The molecule has 118 valence electrons. The first-order valence-electron chi connectivity index (χ1n) is 7.88. The number of nitrogens with zero attached hydrogens (tertiary/aromatic N) is 5. The number of aryl methyl sites for hydroxylation is 1. The van der Waals surface area contributed by atoms with Gasteiger partial charge in [-0.1, -0.05) is 12.1 Å². The second-order valence-corrected chi connectivity index (χ2v) is 5.82. The van der Waals surface area contributed by atoms with Crippen molar-refractivity contribution >= 4 is 16.9 Å². The van der Waals surface area contributed by atoms with E-state index < -0.39 is 0 Å². The van der Waals surface area contributed by atoms with E-state index in [1.54, 1.807) is 12.4 Å². The Bertz CT molecular complexity index is 793. The average molecular weight is 309 g/mol. The number of benzene rings is 1. The molecule has 0 saturated carbocycles. The number of para-hydroxylation sites is 1. The van der Waals surface area contributed by atoms with Gasteiger partial charge in [0.25, 0.3) is 0 Å². The second kappa shape index (κ2) is 5.96. The van der Waals surface area contributed by atoms with Crippen molar-refractivity contribution in [3.63, 3.8) is 0 Å². The third-order valence-electron chi connectivity index (χ3n) is 4.25. The first-order chi connectivity index (χ1) is 11.3. The predicted molar refractivity (Wildman–Crippen MR) is 88.3 cm³/mol. The summed E-state index contributed by atoms with van der Waals surface area (Å²) in [6, 6.07) is 6.16. The van der Waals surface area contributed by atoms with E-state index in [2.05, 4.69) is 30.8 Å². The summed E-state index contributed by atoms with van der Waals surface area (Å²) < 4.78 is 5.62. The highest BCUT2D eigenvalue weighted by molar-refractivity contribution is 5.76. The molecule has 1 aliphatic heterocycles. The molecule has 0 N–H and O–H groups in total. The molecule has 23 heavy (non-hydrogen) atoms. The number of rotatable bonds is 3. The van der Waals surface area contributed by atoms with E-state index in [9.17, 15) is 0 Å². The summed E-state index contributed by atoms with van der Waals surface area (Å²) in [5.41, 5.74) is 3.09. The monoisotopic (exact) mass is 309 g/mol. The van der Waals surface area contributed by atoms with Crippen molar-refractivity contribution in [1.82, 2.24) is 19.9 Å². The Morgan fingerprint density at radius 2 is 2.00 bits per heavy atom. The predicted octanol–water partition coefficient (Wildman–Crippen LogP) is 2.25. The summed E-state index contributed by atoms with van der Waals surface area (Å²) >= 11 is 0. The normalized spacial score (nSPS) is 16.1. The Morgan fingerprint density at radius 3 is 2.78 bits per heavy atom. The van der Waals surface area contributed by atoms with Crippen molar-refractivity contribution in [2.45, 2.75) is 13.5 Å². The SMILES string of the molecule is Cc1nc2c(CN3CCN(c4cnccn4)CC3)cccc2o1. The van der Waals surface area contributed by atoms with E-state index >= 15 is 0 Å². The van der Waals surface area contributed by atoms with Crippen LogP contribution in [0.1, 0.15) is 11.5 Å². The second-order valence-electron chi connectivity index (χ2n) is 5.82. The average Bonchev–Trinajstić information content (AvgIpc) is 2.98. The van der Waals surface area contributed by atoms with Crippen molar-refractivity contribution < 1.29 is 4.42 Å². The molecule has 0 spiro atoms. The molecule has 4 rings (SSSR count). The van der Waals surface area contributed by atoms with E-state index in [4.69, 9.17) is 4.42 Å². The van der Waals surface area contributed by atoms with Crippen LogP contribution in [0.4, 0.5) is 5.82 Å². The fourth-order valence-corrected chi connectivity index (χ4v) is 3.07. The number of hydrogen-bond acceptors (Lipinski definition) is 6. The molecule has 6 nitrogen and oxygen atoms in total. The topological polar surface area (TPSA) is 58.3 Å². The molecular formula is C17H19N5O. The highest BCUT2D eigenvalue weighted by atomic mass is 16.3. The standard InChI is InChI=1S/C17H19N5O/c1-13-20-17-14(3-2-4-15(17)23-13)12-21-7-9-22(10-8-21)16-11-18-5-6-19-16/h2-6,11H,7-10,12H2,1H3. The van der Waals surface area contributed by atoms with Gasteiger partial charge in [-0.25, -0.2) is 9.97 Å². The minimum atomic E-state index is 0.722. The molecule has 1 saturated heterocycles. The van der Waals surface area contributed by atoms with Crippen LogP contribution in [0, 0.1) is 6.92 Å². The van der Waals surface area contributed by atoms with E-state index in [1.807, 2.05) is 25.3 Å². The van der Waals surface area contributed by atoms with Gasteiger partial charge in [-0.15, -0.1) is 0 Å². The molecular weight excluding hydrogens is 290 g/mol. The molecule has 0 atom stereocenters. The highest BCUT2D eigenvalue weighted by Gasteiger charge is 2.19. The summed E-state index contributed by atoms with van der Waals surface area (Å²) in [7, 11) is 0. The summed E-state index contributed by atoms with van der Waals surface area (Å²) in [6.07, 6.45) is 5.28. The van der Waals surface area contributed by atoms with Crippen molar-refractivity contribution in [2.24, 2.45) is 0 Å². The lowest BCUT2D eigenvalue weighted by Crippen LogP contribution is -2.46. The number of aromatic nitrogens is 3. The quantitative estimate of drug-likeness (QED) is 0.739. The molecule has 0 radical (unpaired) electrons. The molecule has 0 amide bonds. The lowest BCUT2D eigenvalue weighted by molar-refractivity contribution is 0.250. The van der Waals surface area contributed by atoms with Crippen molar-refractivity contribution in [3.05, 3.63) is 48.2 Å². The van der Waals surface area contributed by atoms with Crippen LogP contribution in [0.2, 0.25) is 0 Å². The van der Waals surface area contributed by atoms with Crippen LogP contribution in [-0.2, 0) is 6.54 Å². The van der Waals surface area contributed by atoms with Gasteiger partial charge in [-0.2, -0.15) is 0 Å². The smallest absolute Gasteiger partial charge is 0.192 e. The maximum absolute atomic E-state index is 5.62. The van der Waals surface area contributed by atoms with Gasteiger partial charge in [-0.3, -0.25) is 9.88 Å². The number of oxazole rings is 1. The minimum absolute atomic E-state index is 0.722. The lowest BCUT2D eigenvalue weighted by Gasteiger charge is -2.35. The summed E-state index contributed by atoms with van der Waals surface area (Å²) in [5.74, 6) is 1.68. The summed E-state index contributed by atoms with van der Waals surface area (Å²) in [6.45, 7) is 6.73.